The Morgan fingerprint density at radius 3 is 2.41 bits per heavy atom. The lowest BCUT2D eigenvalue weighted by molar-refractivity contribution is -0.147. The number of benzene rings is 2. The van der Waals surface area contributed by atoms with Gasteiger partial charge in [-0.2, -0.15) is 0 Å². The number of aryl methyl sites for hydroxylation is 1. The fourth-order valence-corrected chi connectivity index (χ4v) is 2.52. The van der Waals surface area contributed by atoms with E-state index in [1.54, 1.807) is 36.4 Å². The number of para-hydroxylation sites is 1. The molecule has 2 aromatic rings. The first kappa shape index (κ1) is 20.3. The average Bonchev–Trinajstić information content (AvgIpc) is 2.62. The highest BCUT2D eigenvalue weighted by Gasteiger charge is 2.19. The number of carbonyl (C=O) groups is 3. The largest absolute Gasteiger partial charge is 0.455 e. The first-order valence-corrected chi connectivity index (χ1v) is 8.55. The van der Waals surface area contributed by atoms with Crippen LogP contribution in [0.1, 0.15) is 23.6 Å². The molecule has 0 fully saturated rings. The number of primary amides is 1. The number of rotatable bonds is 7. The molecule has 7 nitrogen and oxygen atoms in total. The molecular weight excluding hydrogens is 370 g/mol. The minimum Gasteiger partial charge on any atom is -0.455 e. The molecule has 0 saturated heterocycles. The third kappa shape index (κ3) is 6.63. The Balaban J connectivity index is 1.91. The molecule has 0 spiro atoms. The number of anilines is 1. The molecule has 2 aromatic carbocycles. The van der Waals surface area contributed by atoms with Crippen LogP contribution in [0.15, 0.2) is 48.5 Å². The van der Waals surface area contributed by atoms with E-state index in [1.807, 2.05) is 19.1 Å². The molecule has 0 radical (unpaired) electrons. The van der Waals surface area contributed by atoms with E-state index in [0.717, 1.165) is 5.56 Å². The average molecular weight is 390 g/mol. The number of nitrogens with two attached hydrogens (primary N) is 1. The van der Waals surface area contributed by atoms with Crippen LogP contribution in [0.2, 0.25) is 5.02 Å². The number of urea groups is 1. The molecule has 0 saturated carbocycles. The highest BCUT2D eigenvalue weighted by atomic mass is 35.5. The van der Waals surface area contributed by atoms with E-state index in [1.165, 1.54) is 0 Å². The van der Waals surface area contributed by atoms with Gasteiger partial charge >= 0.3 is 12.0 Å². The lowest BCUT2D eigenvalue weighted by Gasteiger charge is -2.17. The van der Waals surface area contributed by atoms with Gasteiger partial charge in [0, 0.05) is 10.7 Å². The van der Waals surface area contributed by atoms with Crippen LogP contribution in [-0.2, 0) is 14.3 Å². The third-order valence-corrected chi connectivity index (χ3v) is 4.00. The number of nitrogens with one attached hydrogen (secondary N) is 2. The highest BCUT2D eigenvalue weighted by Crippen LogP contribution is 2.20. The topological polar surface area (TPSA) is 111 Å². The molecule has 0 aliphatic rings. The van der Waals surface area contributed by atoms with E-state index >= 15 is 0 Å². The van der Waals surface area contributed by atoms with Crippen LogP contribution in [0, 0.1) is 6.92 Å². The Bertz CT molecular complexity index is 824. The summed E-state index contributed by atoms with van der Waals surface area (Å²) in [5.41, 5.74) is 7.35. The van der Waals surface area contributed by atoms with E-state index in [0.29, 0.717) is 16.3 Å². The fourth-order valence-electron chi connectivity index (χ4n) is 2.39. The molecule has 1 atom stereocenters. The zero-order valence-corrected chi connectivity index (χ0v) is 15.5. The van der Waals surface area contributed by atoms with Crippen LogP contribution in [0.5, 0.6) is 0 Å². The standard InChI is InChI=1S/C19H20ClN3O4/c1-12-4-2-3-5-15(12)22-17(24)11-27-18(25)10-16(23-19(21)26)13-6-8-14(20)9-7-13/h2-9,16H,10-11H2,1H3,(H,22,24)(H3,21,23,26)/t16-/m1/s1. The van der Waals surface area contributed by atoms with E-state index in [-0.39, 0.29) is 6.42 Å². The minimum atomic E-state index is -0.778. The summed E-state index contributed by atoms with van der Waals surface area (Å²) in [6.07, 6.45) is -0.178. The van der Waals surface area contributed by atoms with Crippen molar-refractivity contribution >= 4 is 35.2 Å². The maximum atomic E-state index is 12.1. The van der Waals surface area contributed by atoms with Crippen LogP contribution < -0.4 is 16.4 Å². The first-order valence-electron chi connectivity index (χ1n) is 8.17. The first-order chi connectivity index (χ1) is 12.8. The number of hydrogen-bond acceptors (Lipinski definition) is 4. The molecule has 8 heteroatoms. The minimum absolute atomic E-state index is 0.178. The van der Waals surface area contributed by atoms with Crippen molar-refractivity contribution in [3.05, 3.63) is 64.7 Å². The van der Waals surface area contributed by atoms with Crippen molar-refractivity contribution in [3.63, 3.8) is 0 Å². The van der Waals surface area contributed by atoms with Crippen molar-refractivity contribution in [2.75, 3.05) is 11.9 Å². The smallest absolute Gasteiger partial charge is 0.312 e. The van der Waals surface area contributed by atoms with Crippen LogP contribution in [0.3, 0.4) is 0 Å². The van der Waals surface area contributed by atoms with Gasteiger partial charge in [-0.3, -0.25) is 9.59 Å². The maximum absolute atomic E-state index is 12.1. The lowest BCUT2D eigenvalue weighted by Crippen LogP contribution is -2.35. The Labute approximate surface area is 161 Å². The molecule has 142 valence electrons. The van der Waals surface area contributed by atoms with Gasteiger partial charge in [-0.1, -0.05) is 41.9 Å². The lowest BCUT2D eigenvalue weighted by atomic mass is 10.0. The summed E-state index contributed by atoms with van der Waals surface area (Å²) in [6.45, 7) is 1.42. The summed E-state index contributed by atoms with van der Waals surface area (Å²) >= 11 is 5.84. The van der Waals surface area contributed by atoms with Gasteiger partial charge in [-0.05, 0) is 36.2 Å². The van der Waals surface area contributed by atoms with Crippen LogP contribution in [0.4, 0.5) is 10.5 Å². The second kappa shape index (κ2) is 9.59. The van der Waals surface area contributed by atoms with Crippen molar-refractivity contribution in [2.24, 2.45) is 5.73 Å². The van der Waals surface area contributed by atoms with Crippen LogP contribution in [-0.4, -0.2) is 24.5 Å². The van der Waals surface area contributed by atoms with Gasteiger partial charge in [-0.15, -0.1) is 0 Å². The Hall–Kier alpha value is -3.06. The summed E-state index contributed by atoms with van der Waals surface area (Å²) < 4.78 is 5.00. The van der Waals surface area contributed by atoms with Crippen molar-refractivity contribution in [3.8, 4) is 0 Å². The number of carbonyl (C=O) groups excluding carboxylic acids is 3. The number of esters is 1. The molecule has 27 heavy (non-hydrogen) atoms. The zero-order chi connectivity index (χ0) is 19.8. The van der Waals surface area contributed by atoms with Gasteiger partial charge in [0.2, 0.25) is 0 Å². The molecule has 0 heterocycles. The van der Waals surface area contributed by atoms with Crippen molar-refractivity contribution < 1.29 is 19.1 Å². The van der Waals surface area contributed by atoms with E-state index < -0.39 is 30.6 Å². The van der Waals surface area contributed by atoms with Gasteiger partial charge in [0.05, 0.1) is 12.5 Å². The Morgan fingerprint density at radius 2 is 1.78 bits per heavy atom. The molecular formula is C19H20ClN3O4. The summed E-state index contributed by atoms with van der Waals surface area (Å²) in [5, 5.41) is 5.66. The number of ether oxygens (including phenoxy) is 1. The maximum Gasteiger partial charge on any atom is 0.312 e. The number of amides is 3. The highest BCUT2D eigenvalue weighted by molar-refractivity contribution is 6.30. The summed E-state index contributed by atoms with van der Waals surface area (Å²) in [4.78, 5) is 35.2. The monoisotopic (exact) mass is 389 g/mol. The molecule has 4 N–H and O–H groups in total. The molecule has 3 amide bonds. The Kier molecular flexibility index (Phi) is 7.19. The van der Waals surface area contributed by atoms with Gasteiger partial charge in [-0.25, -0.2) is 4.79 Å². The van der Waals surface area contributed by atoms with Gasteiger partial charge in [0.25, 0.3) is 5.91 Å². The van der Waals surface area contributed by atoms with E-state index in [9.17, 15) is 14.4 Å². The summed E-state index contributed by atoms with van der Waals surface area (Å²) in [5.74, 6) is -1.10. The number of hydrogen-bond donors (Lipinski definition) is 3. The second-order valence-electron chi connectivity index (χ2n) is 5.84. The number of halogens is 1. The summed E-state index contributed by atoms with van der Waals surface area (Å²) in [6, 6.07) is 12.4. The van der Waals surface area contributed by atoms with E-state index in [4.69, 9.17) is 22.1 Å². The summed E-state index contributed by atoms with van der Waals surface area (Å²) in [7, 11) is 0. The van der Waals surface area contributed by atoms with Crippen LogP contribution in [0.25, 0.3) is 0 Å². The predicted molar refractivity (Wildman–Crippen MR) is 102 cm³/mol. The molecule has 0 aromatic heterocycles. The SMILES string of the molecule is Cc1ccccc1NC(=O)COC(=O)C[C@@H](NC(N)=O)c1ccc(Cl)cc1. The predicted octanol–water partition coefficient (Wildman–Crippen LogP) is 2.93. The Morgan fingerprint density at radius 1 is 1.11 bits per heavy atom. The quantitative estimate of drug-likeness (QED) is 0.632. The molecule has 0 aliphatic carbocycles. The van der Waals surface area contributed by atoms with E-state index in [2.05, 4.69) is 10.6 Å². The fraction of sp³-hybridized carbons (Fsp3) is 0.211. The normalized spacial score (nSPS) is 11.3. The molecule has 0 unspecified atom stereocenters. The molecule has 0 aliphatic heterocycles. The van der Waals surface area contributed by atoms with Crippen molar-refractivity contribution in [1.29, 1.82) is 0 Å². The molecule has 2 rings (SSSR count). The molecule has 0 bridgehead atoms. The third-order valence-electron chi connectivity index (χ3n) is 3.74. The van der Waals surface area contributed by atoms with Gasteiger partial charge < -0.3 is 21.1 Å². The van der Waals surface area contributed by atoms with Gasteiger partial charge in [0.15, 0.2) is 6.61 Å². The van der Waals surface area contributed by atoms with Gasteiger partial charge in [0.1, 0.15) is 0 Å². The van der Waals surface area contributed by atoms with Crippen LogP contribution >= 0.6 is 11.6 Å². The van der Waals surface area contributed by atoms with Crippen molar-refractivity contribution in [1.82, 2.24) is 5.32 Å². The van der Waals surface area contributed by atoms with Crippen molar-refractivity contribution in [2.45, 2.75) is 19.4 Å². The zero-order valence-electron chi connectivity index (χ0n) is 14.7. The second-order valence-corrected chi connectivity index (χ2v) is 6.28.